The van der Waals surface area contributed by atoms with Crippen LogP contribution < -0.4 is 5.73 Å². The number of hydrogen-bond donors (Lipinski definition) is 2. The van der Waals surface area contributed by atoms with Crippen molar-refractivity contribution >= 4 is 0 Å². The lowest BCUT2D eigenvalue weighted by atomic mass is 10.0. The van der Waals surface area contributed by atoms with Crippen LogP contribution in [-0.2, 0) is 0 Å². The van der Waals surface area contributed by atoms with Crippen LogP contribution in [0, 0.1) is 0 Å². The van der Waals surface area contributed by atoms with Gasteiger partial charge in [0.15, 0.2) is 0 Å². The van der Waals surface area contributed by atoms with Gasteiger partial charge in [0.05, 0.1) is 0 Å². The first kappa shape index (κ1) is 12.0. The van der Waals surface area contributed by atoms with Gasteiger partial charge in [-0.2, -0.15) is 0 Å². The lowest BCUT2D eigenvalue weighted by Gasteiger charge is -2.30. The van der Waals surface area contributed by atoms with Crippen molar-refractivity contribution in [3.8, 4) is 5.75 Å². The Kier molecular flexibility index (Phi) is 4.12. The second-order valence-corrected chi connectivity index (χ2v) is 4.10. The van der Waals surface area contributed by atoms with Crippen LogP contribution >= 0.6 is 0 Å². The van der Waals surface area contributed by atoms with Gasteiger partial charge in [-0.1, -0.05) is 12.1 Å². The molecule has 0 aliphatic heterocycles. The lowest BCUT2D eigenvalue weighted by molar-refractivity contribution is 0.201. The number of phenolic OH excluding ortho intramolecular Hbond substituents is 1. The number of benzene rings is 1. The summed E-state index contributed by atoms with van der Waals surface area (Å²) in [6, 6.07) is 7.91. The topological polar surface area (TPSA) is 49.5 Å². The van der Waals surface area contributed by atoms with Gasteiger partial charge in [-0.25, -0.2) is 0 Å². The molecular formula is C12H20N2O. The zero-order chi connectivity index (χ0) is 11.4. The Bertz CT molecular complexity index is 295. The number of aromatic hydroxyl groups is 1. The molecule has 0 radical (unpaired) electrons. The van der Waals surface area contributed by atoms with E-state index in [1.54, 1.807) is 12.1 Å². The second-order valence-electron chi connectivity index (χ2n) is 4.10. The fraction of sp³-hybridized carbons (Fsp3) is 0.500. The molecule has 0 fully saturated rings. The summed E-state index contributed by atoms with van der Waals surface area (Å²) in [6.45, 7) is 4.87. The van der Waals surface area contributed by atoms with Gasteiger partial charge in [-0.05, 0) is 38.6 Å². The molecule has 1 aromatic carbocycles. The molecule has 0 aromatic heterocycles. The van der Waals surface area contributed by atoms with E-state index in [4.69, 9.17) is 5.73 Å². The predicted molar refractivity (Wildman–Crippen MR) is 62.8 cm³/mol. The van der Waals surface area contributed by atoms with Crippen LogP contribution in [0.25, 0.3) is 0 Å². The number of likely N-dealkylation sites (N-methyl/N-ethyl adjacent to an activating group) is 1. The van der Waals surface area contributed by atoms with Crippen molar-refractivity contribution in [2.45, 2.75) is 25.9 Å². The molecule has 0 saturated carbocycles. The summed E-state index contributed by atoms with van der Waals surface area (Å²) in [5.41, 5.74) is 6.92. The molecular weight excluding hydrogens is 188 g/mol. The van der Waals surface area contributed by atoms with Crippen molar-refractivity contribution in [2.75, 3.05) is 13.6 Å². The van der Waals surface area contributed by atoms with Crippen LogP contribution in [-0.4, -0.2) is 29.6 Å². The highest BCUT2D eigenvalue weighted by molar-refractivity contribution is 5.28. The van der Waals surface area contributed by atoms with Gasteiger partial charge < -0.3 is 10.8 Å². The smallest absolute Gasteiger partial charge is 0.115 e. The molecule has 0 aliphatic carbocycles. The molecule has 3 nitrogen and oxygen atoms in total. The Balaban J connectivity index is 2.87. The Morgan fingerprint density at radius 3 is 2.20 bits per heavy atom. The number of phenols is 1. The van der Waals surface area contributed by atoms with E-state index in [9.17, 15) is 5.11 Å². The first-order valence-corrected chi connectivity index (χ1v) is 5.27. The van der Waals surface area contributed by atoms with E-state index in [-0.39, 0.29) is 6.04 Å². The average molecular weight is 208 g/mol. The molecule has 0 saturated heterocycles. The summed E-state index contributed by atoms with van der Waals surface area (Å²) in [7, 11) is 2.06. The molecule has 15 heavy (non-hydrogen) atoms. The lowest BCUT2D eigenvalue weighted by Crippen LogP contribution is -2.35. The fourth-order valence-electron chi connectivity index (χ4n) is 1.59. The molecule has 1 aromatic rings. The largest absolute Gasteiger partial charge is 0.508 e. The standard InChI is InChI=1S/C12H20N2O/c1-9(2)14(3)12(8-13)10-4-6-11(15)7-5-10/h4-7,9,12,15H,8,13H2,1-3H3. The third-order valence-electron chi connectivity index (χ3n) is 2.81. The maximum atomic E-state index is 9.21. The highest BCUT2D eigenvalue weighted by Crippen LogP contribution is 2.22. The number of nitrogens with zero attached hydrogens (tertiary/aromatic N) is 1. The minimum absolute atomic E-state index is 0.214. The third kappa shape index (κ3) is 2.94. The summed E-state index contributed by atoms with van der Waals surface area (Å²) in [5, 5.41) is 9.21. The van der Waals surface area contributed by atoms with Gasteiger partial charge in [-0.3, -0.25) is 4.90 Å². The summed E-state index contributed by atoms with van der Waals surface area (Å²) in [5.74, 6) is 0.293. The van der Waals surface area contributed by atoms with Gasteiger partial charge in [-0.15, -0.1) is 0 Å². The van der Waals surface area contributed by atoms with Crippen LogP contribution in [0.2, 0.25) is 0 Å². The maximum absolute atomic E-state index is 9.21. The molecule has 0 amide bonds. The first-order chi connectivity index (χ1) is 7.06. The van der Waals surface area contributed by atoms with Gasteiger partial charge >= 0.3 is 0 Å². The molecule has 0 spiro atoms. The van der Waals surface area contributed by atoms with Gasteiger partial charge in [0.2, 0.25) is 0 Å². The minimum atomic E-state index is 0.214. The number of rotatable bonds is 4. The van der Waals surface area contributed by atoms with Crippen molar-refractivity contribution in [3.63, 3.8) is 0 Å². The summed E-state index contributed by atoms with van der Waals surface area (Å²) in [6.07, 6.45) is 0. The fourth-order valence-corrected chi connectivity index (χ4v) is 1.59. The molecule has 0 aliphatic rings. The van der Waals surface area contributed by atoms with Crippen molar-refractivity contribution in [3.05, 3.63) is 29.8 Å². The number of nitrogens with two attached hydrogens (primary N) is 1. The summed E-state index contributed by atoms with van der Waals surface area (Å²) >= 11 is 0. The van der Waals surface area contributed by atoms with E-state index < -0.39 is 0 Å². The normalized spacial score (nSPS) is 13.5. The zero-order valence-corrected chi connectivity index (χ0v) is 9.64. The minimum Gasteiger partial charge on any atom is -0.508 e. The molecule has 0 bridgehead atoms. The van der Waals surface area contributed by atoms with Crippen LogP contribution in [0.5, 0.6) is 5.75 Å². The Morgan fingerprint density at radius 2 is 1.80 bits per heavy atom. The Hall–Kier alpha value is -1.06. The van der Waals surface area contributed by atoms with Crippen LogP contribution in [0.1, 0.15) is 25.5 Å². The Labute approximate surface area is 91.5 Å². The van der Waals surface area contributed by atoms with Crippen LogP contribution in [0.15, 0.2) is 24.3 Å². The van der Waals surface area contributed by atoms with Crippen LogP contribution in [0.3, 0.4) is 0 Å². The monoisotopic (exact) mass is 208 g/mol. The maximum Gasteiger partial charge on any atom is 0.115 e. The molecule has 3 N–H and O–H groups in total. The van der Waals surface area contributed by atoms with E-state index in [1.807, 2.05) is 12.1 Å². The number of hydrogen-bond acceptors (Lipinski definition) is 3. The highest BCUT2D eigenvalue weighted by atomic mass is 16.3. The second kappa shape index (κ2) is 5.14. The zero-order valence-electron chi connectivity index (χ0n) is 9.64. The van der Waals surface area contributed by atoms with Crippen molar-refractivity contribution in [2.24, 2.45) is 5.73 Å². The summed E-state index contributed by atoms with van der Waals surface area (Å²) in [4.78, 5) is 2.23. The predicted octanol–water partition coefficient (Wildman–Crippen LogP) is 1.73. The van der Waals surface area contributed by atoms with Crippen molar-refractivity contribution in [1.29, 1.82) is 0 Å². The quantitative estimate of drug-likeness (QED) is 0.792. The molecule has 1 rings (SSSR count). The van der Waals surface area contributed by atoms with Gasteiger partial charge in [0.1, 0.15) is 5.75 Å². The van der Waals surface area contributed by atoms with Crippen molar-refractivity contribution < 1.29 is 5.11 Å². The molecule has 84 valence electrons. The molecule has 1 unspecified atom stereocenters. The van der Waals surface area contributed by atoms with E-state index in [1.165, 1.54) is 0 Å². The van der Waals surface area contributed by atoms with E-state index in [2.05, 4.69) is 25.8 Å². The first-order valence-electron chi connectivity index (χ1n) is 5.27. The van der Waals surface area contributed by atoms with E-state index >= 15 is 0 Å². The SMILES string of the molecule is CC(C)N(C)C(CN)c1ccc(O)cc1. The highest BCUT2D eigenvalue weighted by Gasteiger charge is 2.17. The average Bonchev–Trinajstić information content (AvgIpc) is 2.21. The van der Waals surface area contributed by atoms with E-state index in [0.29, 0.717) is 18.3 Å². The Morgan fingerprint density at radius 1 is 1.27 bits per heavy atom. The van der Waals surface area contributed by atoms with Gasteiger partial charge in [0.25, 0.3) is 0 Å². The third-order valence-corrected chi connectivity index (χ3v) is 2.81. The summed E-state index contributed by atoms with van der Waals surface area (Å²) < 4.78 is 0. The van der Waals surface area contributed by atoms with Crippen LogP contribution in [0.4, 0.5) is 0 Å². The molecule has 0 heterocycles. The van der Waals surface area contributed by atoms with E-state index in [0.717, 1.165) is 5.56 Å². The molecule has 3 heteroatoms. The van der Waals surface area contributed by atoms with Gasteiger partial charge in [0, 0.05) is 18.6 Å². The van der Waals surface area contributed by atoms with Crippen molar-refractivity contribution in [1.82, 2.24) is 4.90 Å². The molecule has 1 atom stereocenters.